The molecule has 0 spiro atoms. The van der Waals surface area contributed by atoms with Gasteiger partial charge in [0.1, 0.15) is 11.8 Å². The van der Waals surface area contributed by atoms with Crippen LogP contribution in [0.4, 0.5) is 13.6 Å². The molecular formula is C21H26F2N3O3+. The van der Waals surface area contributed by atoms with Crippen molar-refractivity contribution in [3.63, 3.8) is 0 Å². The van der Waals surface area contributed by atoms with Crippen molar-refractivity contribution in [3.05, 3.63) is 65.7 Å². The minimum Gasteiger partial charge on any atom is -0.435 e. The smallest absolute Gasteiger partial charge is 0.387 e. The lowest BCUT2D eigenvalue weighted by Gasteiger charge is -2.17. The quantitative estimate of drug-likeness (QED) is 0.598. The maximum atomic E-state index is 12.4. The summed E-state index contributed by atoms with van der Waals surface area (Å²) in [5.41, 5.74) is 1.75. The summed E-state index contributed by atoms with van der Waals surface area (Å²) in [5.74, 6) is -0.0816. The monoisotopic (exact) mass is 406 g/mol. The number of ether oxygens (including phenoxy) is 1. The summed E-state index contributed by atoms with van der Waals surface area (Å²) >= 11 is 0. The van der Waals surface area contributed by atoms with Crippen molar-refractivity contribution in [2.45, 2.75) is 26.5 Å². The predicted octanol–water partition coefficient (Wildman–Crippen LogP) is 2.42. The van der Waals surface area contributed by atoms with E-state index in [2.05, 4.69) is 15.4 Å². The van der Waals surface area contributed by atoms with Crippen LogP contribution < -0.4 is 20.7 Å². The summed E-state index contributed by atoms with van der Waals surface area (Å²) in [7, 11) is 0. The van der Waals surface area contributed by atoms with E-state index in [-0.39, 0.29) is 24.3 Å². The van der Waals surface area contributed by atoms with Crippen LogP contribution >= 0.6 is 0 Å². The molecule has 29 heavy (non-hydrogen) atoms. The third-order valence-electron chi connectivity index (χ3n) is 4.09. The zero-order valence-corrected chi connectivity index (χ0v) is 16.4. The van der Waals surface area contributed by atoms with E-state index in [1.165, 1.54) is 12.1 Å². The second-order valence-electron chi connectivity index (χ2n) is 6.93. The van der Waals surface area contributed by atoms with Gasteiger partial charge < -0.3 is 15.4 Å². The van der Waals surface area contributed by atoms with Gasteiger partial charge in [-0.15, -0.1) is 0 Å². The third kappa shape index (κ3) is 7.87. The van der Waals surface area contributed by atoms with Crippen LogP contribution in [0.3, 0.4) is 0 Å². The lowest BCUT2D eigenvalue weighted by Crippen LogP contribution is -2.88. The Morgan fingerprint density at radius 3 is 2.21 bits per heavy atom. The number of halogens is 2. The van der Waals surface area contributed by atoms with E-state index in [1.54, 1.807) is 17.4 Å². The Bertz CT molecular complexity index is 784. The molecule has 0 radical (unpaired) electrons. The summed E-state index contributed by atoms with van der Waals surface area (Å²) in [4.78, 5) is 23.9. The van der Waals surface area contributed by atoms with E-state index in [0.29, 0.717) is 6.54 Å². The van der Waals surface area contributed by atoms with Crippen LogP contribution in [0.15, 0.2) is 54.6 Å². The van der Waals surface area contributed by atoms with Gasteiger partial charge in [0, 0.05) is 17.7 Å². The van der Waals surface area contributed by atoms with E-state index in [1.807, 2.05) is 44.2 Å². The molecule has 0 aromatic heterocycles. The molecule has 0 aliphatic carbocycles. The number of hydrogen-bond donors (Lipinski definition) is 3. The third-order valence-corrected chi connectivity index (χ3v) is 4.09. The zero-order valence-electron chi connectivity index (χ0n) is 16.4. The maximum absolute atomic E-state index is 12.4. The van der Waals surface area contributed by atoms with E-state index >= 15 is 0 Å². The van der Waals surface area contributed by atoms with E-state index in [4.69, 9.17) is 0 Å². The van der Waals surface area contributed by atoms with Gasteiger partial charge in [0.15, 0.2) is 6.54 Å². The van der Waals surface area contributed by atoms with Crippen LogP contribution in [0.1, 0.15) is 31.0 Å². The number of quaternary nitrogens is 1. The first-order valence-electron chi connectivity index (χ1n) is 9.36. The number of rotatable bonds is 9. The summed E-state index contributed by atoms with van der Waals surface area (Å²) < 4.78 is 29.1. The van der Waals surface area contributed by atoms with Crippen LogP contribution in [0.2, 0.25) is 0 Å². The molecule has 4 N–H and O–H groups in total. The van der Waals surface area contributed by atoms with Crippen molar-refractivity contribution in [2.24, 2.45) is 5.92 Å². The molecule has 0 saturated heterocycles. The van der Waals surface area contributed by atoms with Gasteiger partial charge in [0.25, 0.3) is 5.91 Å². The number of carbonyl (C=O) groups is 2. The average Bonchev–Trinajstić information content (AvgIpc) is 2.68. The standard InChI is InChI=1S/C21H25F2N3O3/c1-14(2)12-25-21(28)26-18(27)13-24-19(15-6-4-3-5-7-15)16-8-10-17(11-9-16)29-20(22)23/h3-11,14,19-20,24H,12-13H2,1-2H3,(H2,25,26,27,28)/p+1/t19-/m1/s1. The van der Waals surface area contributed by atoms with Crippen molar-refractivity contribution in [2.75, 3.05) is 13.1 Å². The van der Waals surface area contributed by atoms with Crippen molar-refractivity contribution >= 4 is 11.9 Å². The Morgan fingerprint density at radius 2 is 1.62 bits per heavy atom. The molecule has 2 rings (SSSR count). The zero-order chi connectivity index (χ0) is 21.2. The molecule has 0 saturated carbocycles. The molecule has 6 nitrogen and oxygen atoms in total. The Labute approximate surface area is 168 Å². The number of carbonyl (C=O) groups excluding carboxylic acids is 2. The van der Waals surface area contributed by atoms with Gasteiger partial charge in [-0.25, -0.2) is 4.79 Å². The molecule has 0 aliphatic heterocycles. The highest BCUT2D eigenvalue weighted by atomic mass is 19.3. The minimum absolute atomic E-state index is 0.0178. The average molecular weight is 406 g/mol. The van der Waals surface area contributed by atoms with Gasteiger partial charge in [-0.2, -0.15) is 8.78 Å². The summed E-state index contributed by atoms with van der Waals surface area (Å²) in [5, 5.41) is 6.71. The van der Waals surface area contributed by atoms with Gasteiger partial charge in [0.05, 0.1) is 0 Å². The normalized spacial score (nSPS) is 11.9. The van der Waals surface area contributed by atoms with Crippen LogP contribution in [-0.2, 0) is 4.79 Å². The number of amides is 3. The Hall–Kier alpha value is -3.00. The number of nitrogens with two attached hydrogens (primary N) is 1. The van der Waals surface area contributed by atoms with Gasteiger partial charge in [-0.3, -0.25) is 10.1 Å². The van der Waals surface area contributed by atoms with Gasteiger partial charge in [-0.05, 0) is 30.2 Å². The molecule has 8 heteroatoms. The lowest BCUT2D eigenvalue weighted by atomic mass is 9.98. The molecule has 0 fully saturated rings. The first-order chi connectivity index (χ1) is 13.8. The maximum Gasteiger partial charge on any atom is 0.387 e. The largest absolute Gasteiger partial charge is 0.435 e. The second kappa shape index (κ2) is 11.1. The van der Waals surface area contributed by atoms with Gasteiger partial charge >= 0.3 is 12.6 Å². The SMILES string of the molecule is CC(C)CNC(=O)NC(=O)C[NH2+][C@H](c1ccccc1)c1ccc(OC(F)F)cc1. The summed E-state index contributed by atoms with van der Waals surface area (Å²) in [6.07, 6.45) is 0. The first kappa shape index (κ1) is 22.3. The molecule has 0 heterocycles. The highest BCUT2D eigenvalue weighted by molar-refractivity contribution is 5.94. The van der Waals surface area contributed by atoms with Crippen molar-refractivity contribution in [3.8, 4) is 5.75 Å². The molecule has 0 aliphatic rings. The Balaban J connectivity index is 2.04. The molecule has 2 aromatic carbocycles. The highest BCUT2D eigenvalue weighted by Crippen LogP contribution is 2.22. The number of imide groups is 1. The van der Waals surface area contributed by atoms with E-state index < -0.39 is 18.5 Å². The fraction of sp³-hybridized carbons (Fsp3) is 0.333. The predicted molar refractivity (Wildman–Crippen MR) is 105 cm³/mol. The molecule has 3 amide bonds. The number of benzene rings is 2. The Morgan fingerprint density at radius 1 is 1.00 bits per heavy atom. The fourth-order valence-electron chi connectivity index (χ4n) is 2.73. The molecule has 2 aromatic rings. The van der Waals surface area contributed by atoms with E-state index in [0.717, 1.165) is 11.1 Å². The number of nitrogens with one attached hydrogen (secondary N) is 2. The second-order valence-corrected chi connectivity index (χ2v) is 6.93. The van der Waals surface area contributed by atoms with Crippen LogP contribution in [0, 0.1) is 5.92 Å². The molecule has 0 bridgehead atoms. The van der Waals surface area contributed by atoms with Crippen LogP contribution in [0.5, 0.6) is 5.75 Å². The van der Waals surface area contributed by atoms with Crippen LogP contribution in [0.25, 0.3) is 0 Å². The number of urea groups is 1. The van der Waals surface area contributed by atoms with Gasteiger partial charge in [0.2, 0.25) is 0 Å². The van der Waals surface area contributed by atoms with Gasteiger partial charge in [-0.1, -0.05) is 44.2 Å². The van der Waals surface area contributed by atoms with E-state index in [9.17, 15) is 18.4 Å². The molecule has 0 unspecified atom stereocenters. The molecule has 156 valence electrons. The van der Waals surface area contributed by atoms with Crippen molar-refractivity contribution in [1.29, 1.82) is 0 Å². The molecule has 1 atom stereocenters. The van der Waals surface area contributed by atoms with Crippen LogP contribution in [-0.4, -0.2) is 31.6 Å². The first-order valence-corrected chi connectivity index (χ1v) is 9.36. The lowest BCUT2D eigenvalue weighted by molar-refractivity contribution is -0.676. The highest BCUT2D eigenvalue weighted by Gasteiger charge is 2.20. The number of alkyl halides is 2. The minimum atomic E-state index is -2.89. The Kier molecular flexibility index (Phi) is 8.54. The topological polar surface area (TPSA) is 84.0 Å². The van der Waals surface area contributed by atoms with Crippen molar-refractivity contribution in [1.82, 2.24) is 10.6 Å². The van der Waals surface area contributed by atoms with Crippen molar-refractivity contribution < 1.29 is 28.4 Å². The summed E-state index contributed by atoms with van der Waals surface area (Å²) in [6.45, 7) is 1.52. The fourth-order valence-corrected chi connectivity index (χ4v) is 2.73. The molecular weight excluding hydrogens is 380 g/mol. The number of hydrogen-bond acceptors (Lipinski definition) is 3. The summed E-state index contributed by atoms with van der Waals surface area (Å²) in [6, 6.07) is 15.0.